The first kappa shape index (κ1) is 20.3. The number of carbonyl (C=O) groups excluding carboxylic acids is 2. The van der Waals surface area contributed by atoms with Crippen molar-refractivity contribution >= 4 is 29.4 Å². The predicted octanol–water partition coefficient (Wildman–Crippen LogP) is 4.87. The maximum absolute atomic E-state index is 12.7. The number of ether oxygens (including phenoxy) is 1. The van der Waals surface area contributed by atoms with Gasteiger partial charge in [0.25, 0.3) is 0 Å². The summed E-state index contributed by atoms with van der Waals surface area (Å²) < 4.78 is 5.39. The average molecular weight is 398 g/mol. The molecular formula is C23H24ClNO3. The molecule has 0 radical (unpaired) electrons. The summed E-state index contributed by atoms with van der Waals surface area (Å²) >= 11 is 5.83. The number of hydrogen-bond acceptors (Lipinski definition) is 4. The largest absolute Gasteiger partial charge is 0.423 e. The van der Waals surface area contributed by atoms with Crippen LogP contribution in [0.4, 0.5) is 0 Å². The fraction of sp³-hybridized carbons (Fsp3) is 0.304. The molecule has 0 N–H and O–H groups in total. The molecule has 146 valence electrons. The van der Waals surface area contributed by atoms with Crippen LogP contribution < -0.4 is 4.74 Å². The van der Waals surface area contributed by atoms with E-state index in [0.717, 1.165) is 36.9 Å². The highest BCUT2D eigenvalue weighted by atomic mass is 35.5. The molecule has 1 unspecified atom stereocenters. The molecule has 2 aromatic rings. The average Bonchev–Trinajstić information content (AvgIpc) is 2.66. The lowest BCUT2D eigenvalue weighted by atomic mass is 9.83. The zero-order chi connectivity index (χ0) is 20.1. The van der Waals surface area contributed by atoms with Gasteiger partial charge in [-0.1, -0.05) is 23.7 Å². The van der Waals surface area contributed by atoms with E-state index in [1.807, 2.05) is 32.3 Å². The summed E-state index contributed by atoms with van der Waals surface area (Å²) in [6, 6.07) is 13.8. The number of ketones is 1. The van der Waals surface area contributed by atoms with Gasteiger partial charge in [0.1, 0.15) is 5.75 Å². The molecule has 2 aromatic carbocycles. The summed E-state index contributed by atoms with van der Waals surface area (Å²) in [6.45, 7) is 0.787. The fourth-order valence-electron chi connectivity index (χ4n) is 3.40. The third-order valence-electron chi connectivity index (χ3n) is 4.78. The smallest absolute Gasteiger partial charge is 0.343 e. The minimum absolute atomic E-state index is 0.0783. The SMILES string of the molecule is CN(C)CC1CCC/C(=C\c2ccc(OC(=O)c3ccc(Cl)cc3)cc2)C1=O. The van der Waals surface area contributed by atoms with Crippen molar-refractivity contribution in [2.24, 2.45) is 5.92 Å². The van der Waals surface area contributed by atoms with E-state index in [1.54, 1.807) is 36.4 Å². The highest BCUT2D eigenvalue weighted by Crippen LogP contribution is 2.28. The van der Waals surface area contributed by atoms with Gasteiger partial charge in [-0.2, -0.15) is 0 Å². The summed E-state index contributed by atoms with van der Waals surface area (Å²) in [7, 11) is 3.99. The molecule has 0 amide bonds. The zero-order valence-electron chi connectivity index (χ0n) is 16.2. The number of allylic oxidation sites excluding steroid dienone is 1. The normalized spacial score (nSPS) is 18.5. The Kier molecular flexibility index (Phi) is 6.65. The van der Waals surface area contributed by atoms with Crippen molar-refractivity contribution in [3.63, 3.8) is 0 Å². The molecule has 1 saturated carbocycles. The number of nitrogens with zero attached hydrogens (tertiary/aromatic N) is 1. The number of carbonyl (C=O) groups is 2. The second-order valence-corrected chi connectivity index (χ2v) is 7.79. The van der Waals surface area contributed by atoms with Crippen LogP contribution in [-0.2, 0) is 4.79 Å². The summed E-state index contributed by atoms with van der Waals surface area (Å²) in [6.07, 6.45) is 4.76. The lowest BCUT2D eigenvalue weighted by Crippen LogP contribution is -2.31. The topological polar surface area (TPSA) is 46.6 Å². The van der Waals surface area contributed by atoms with Crippen LogP contribution >= 0.6 is 11.6 Å². The second-order valence-electron chi connectivity index (χ2n) is 7.35. The maximum Gasteiger partial charge on any atom is 0.343 e. The molecule has 0 spiro atoms. The third kappa shape index (κ3) is 5.31. The van der Waals surface area contributed by atoms with E-state index < -0.39 is 5.97 Å². The number of esters is 1. The van der Waals surface area contributed by atoms with Crippen molar-refractivity contribution in [2.75, 3.05) is 20.6 Å². The van der Waals surface area contributed by atoms with Gasteiger partial charge in [-0.15, -0.1) is 0 Å². The zero-order valence-corrected chi connectivity index (χ0v) is 16.9. The molecule has 0 heterocycles. The summed E-state index contributed by atoms with van der Waals surface area (Å²) in [5.74, 6) is 0.354. The standard InChI is InChI=1S/C23H24ClNO3/c1-25(2)15-19-5-3-4-18(22(19)26)14-16-6-12-21(13-7-16)28-23(27)17-8-10-20(24)11-9-17/h6-14,19H,3-5,15H2,1-2H3/b18-14+. The molecule has 1 aliphatic rings. The highest BCUT2D eigenvalue weighted by Gasteiger charge is 2.26. The molecule has 1 aliphatic carbocycles. The van der Waals surface area contributed by atoms with Crippen LogP contribution in [0.5, 0.6) is 5.75 Å². The molecule has 0 aromatic heterocycles. The van der Waals surface area contributed by atoms with Crippen molar-refractivity contribution < 1.29 is 14.3 Å². The van der Waals surface area contributed by atoms with Crippen molar-refractivity contribution in [3.8, 4) is 5.75 Å². The van der Waals surface area contributed by atoms with E-state index >= 15 is 0 Å². The number of rotatable bonds is 5. The summed E-state index contributed by atoms with van der Waals surface area (Å²) in [5, 5.41) is 0.569. The van der Waals surface area contributed by atoms with Crippen LogP contribution in [0.2, 0.25) is 5.02 Å². The number of halogens is 1. The van der Waals surface area contributed by atoms with Crippen LogP contribution in [0, 0.1) is 5.92 Å². The van der Waals surface area contributed by atoms with E-state index in [9.17, 15) is 9.59 Å². The molecule has 0 bridgehead atoms. The summed E-state index contributed by atoms with van der Waals surface area (Å²) in [4.78, 5) is 26.9. The van der Waals surface area contributed by atoms with Crippen molar-refractivity contribution in [1.82, 2.24) is 4.90 Å². The van der Waals surface area contributed by atoms with Gasteiger partial charge in [0.2, 0.25) is 0 Å². The first-order valence-electron chi connectivity index (χ1n) is 9.39. The van der Waals surface area contributed by atoms with Crippen LogP contribution in [0.15, 0.2) is 54.1 Å². The van der Waals surface area contributed by atoms with Crippen molar-refractivity contribution in [2.45, 2.75) is 19.3 Å². The monoisotopic (exact) mass is 397 g/mol. The number of benzene rings is 2. The Morgan fingerprint density at radius 1 is 1.14 bits per heavy atom. The Labute approximate surface area is 170 Å². The Morgan fingerprint density at radius 2 is 1.82 bits per heavy atom. The van der Waals surface area contributed by atoms with Crippen LogP contribution in [-0.4, -0.2) is 37.3 Å². The van der Waals surface area contributed by atoms with Crippen molar-refractivity contribution in [3.05, 3.63) is 70.3 Å². The second kappa shape index (κ2) is 9.18. The highest BCUT2D eigenvalue weighted by molar-refractivity contribution is 6.30. The Hall–Kier alpha value is -2.43. The molecule has 1 fully saturated rings. The fourth-order valence-corrected chi connectivity index (χ4v) is 3.52. The molecule has 4 nitrogen and oxygen atoms in total. The molecule has 0 saturated heterocycles. The van der Waals surface area contributed by atoms with E-state index in [1.165, 1.54) is 0 Å². The lowest BCUT2D eigenvalue weighted by molar-refractivity contribution is -0.120. The number of hydrogen-bond donors (Lipinski definition) is 0. The first-order valence-corrected chi connectivity index (χ1v) is 9.77. The Morgan fingerprint density at radius 3 is 2.46 bits per heavy atom. The number of Topliss-reactive ketones (excluding diaryl/α,β-unsaturated/α-hetero) is 1. The van der Waals surface area contributed by atoms with Gasteiger partial charge in [-0.05, 0) is 87.0 Å². The molecule has 3 rings (SSSR count). The van der Waals surface area contributed by atoms with Gasteiger partial charge in [0.05, 0.1) is 5.56 Å². The van der Waals surface area contributed by atoms with E-state index in [2.05, 4.69) is 4.90 Å². The van der Waals surface area contributed by atoms with Crippen LogP contribution in [0.25, 0.3) is 6.08 Å². The molecule has 28 heavy (non-hydrogen) atoms. The molecule has 0 aliphatic heterocycles. The van der Waals surface area contributed by atoms with E-state index in [-0.39, 0.29) is 11.7 Å². The van der Waals surface area contributed by atoms with Gasteiger partial charge in [-0.3, -0.25) is 4.79 Å². The minimum Gasteiger partial charge on any atom is -0.423 e. The summed E-state index contributed by atoms with van der Waals surface area (Å²) in [5.41, 5.74) is 2.25. The minimum atomic E-state index is -0.434. The van der Waals surface area contributed by atoms with Crippen LogP contribution in [0.3, 0.4) is 0 Å². The van der Waals surface area contributed by atoms with Crippen molar-refractivity contribution in [1.29, 1.82) is 0 Å². The Balaban J connectivity index is 1.66. The molecule has 5 heteroatoms. The quantitative estimate of drug-likeness (QED) is 0.410. The van der Waals surface area contributed by atoms with Gasteiger partial charge in [-0.25, -0.2) is 4.79 Å². The lowest BCUT2D eigenvalue weighted by Gasteiger charge is -2.25. The first-order chi connectivity index (χ1) is 13.4. The van der Waals surface area contributed by atoms with Gasteiger partial charge in [0, 0.05) is 17.5 Å². The van der Waals surface area contributed by atoms with Gasteiger partial charge >= 0.3 is 5.97 Å². The molecule has 1 atom stereocenters. The van der Waals surface area contributed by atoms with Gasteiger partial charge < -0.3 is 9.64 Å². The van der Waals surface area contributed by atoms with E-state index in [0.29, 0.717) is 16.3 Å². The third-order valence-corrected chi connectivity index (χ3v) is 5.03. The van der Waals surface area contributed by atoms with E-state index in [4.69, 9.17) is 16.3 Å². The van der Waals surface area contributed by atoms with Gasteiger partial charge in [0.15, 0.2) is 5.78 Å². The predicted molar refractivity (Wildman–Crippen MR) is 112 cm³/mol. The Bertz CT molecular complexity index is 870. The van der Waals surface area contributed by atoms with Crippen LogP contribution in [0.1, 0.15) is 35.2 Å². The maximum atomic E-state index is 12.7. The molecular weight excluding hydrogens is 374 g/mol.